The molecule has 0 unspecified atom stereocenters. The van der Waals surface area contributed by atoms with Crippen LogP contribution in [0.3, 0.4) is 0 Å². The van der Waals surface area contributed by atoms with E-state index in [1.807, 2.05) is 20.8 Å². The van der Waals surface area contributed by atoms with Crippen molar-refractivity contribution in [2.45, 2.75) is 26.3 Å². The van der Waals surface area contributed by atoms with Gasteiger partial charge in [-0.15, -0.1) is 0 Å². The zero-order chi connectivity index (χ0) is 9.78. The molecule has 0 spiro atoms. The molecule has 0 bridgehead atoms. The maximum absolute atomic E-state index is 5.59. The summed E-state index contributed by atoms with van der Waals surface area (Å²) >= 11 is 3.20. The summed E-state index contributed by atoms with van der Waals surface area (Å²) in [4.78, 5) is 4.05. The molecule has 0 radical (unpaired) electrons. The minimum absolute atomic E-state index is 0.0404. The molecule has 0 fully saturated rings. The Morgan fingerprint density at radius 2 is 2.08 bits per heavy atom. The van der Waals surface area contributed by atoms with Crippen LogP contribution < -0.4 is 11.1 Å². The third kappa shape index (κ3) is 7.60. The highest BCUT2D eigenvalue weighted by Gasteiger charge is 2.09. The van der Waals surface area contributed by atoms with E-state index in [2.05, 4.69) is 32.8 Å². The number of nitrogens with zero attached hydrogens (tertiary/aromatic N) is 1. The number of aliphatic imine (C=N–C) groups is 1. The fraction of sp³-hybridized carbons (Fsp3) is 0.625. The first kappa shape index (κ1) is 11.5. The molecule has 0 amide bonds. The molecule has 0 rings (SSSR count). The monoisotopic (exact) mass is 233 g/mol. The summed E-state index contributed by atoms with van der Waals surface area (Å²) < 4.78 is 0.821. The van der Waals surface area contributed by atoms with Crippen LogP contribution in [0.5, 0.6) is 0 Å². The molecule has 3 nitrogen and oxygen atoms in total. The van der Waals surface area contributed by atoms with E-state index in [0.717, 1.165) is 4.48 Å². The predicted molar refractivity (Wildman–Crippen MR) is 57.4 cm³/mol. The number of halogens is 1. The molecule has 0 saturated heterocycles. The van der Waals surface area contributed by atoms with Crippen molar-refractivity contribution in [1.82, 2.24) is 5.32 Å². The first-order valence-corrected chi connectivity index (χ1v) is 4.52. The summed E-state index contributed by atoms with van der Waals surface area (Å²) in [5.74, 6) is 0.447. The molecule has 0 aromatic heterocycles. The summed E-state index contributed by atoms with van der Waals surface area (Å²) in [6, 6.07) is 0. The Hall–Kier alpha value is -0.510. The molecular weight excluding hydrogens is 218 g/mol. The minimum atomic E-state index is -0.0404. The first-order valence-electron chi connectivity index (χ1n) is 3.72. The Morgan fingerprint density at radius 1 is 1.58 bits per heavy atom. The Morgan fingerprint density at radius 3 is 2.42 bits per heavy atom. The maximum atomic E-state index is 5.59. The Balaban J connectivity index is 3.95. The summed E-state index contributed by atoms with van der Waals surface area (Å²) in [6.07, 6.45) is 0. The normalized spacial score (nSPS) is 12.8. The molecule has 70 valence electrons. The van der Waals surface area contributed by atoms with Gasteiger partial charge in [-0.3, -0.25) is 0 Å². The van der Waals surface area contributed by atoms with Crippen LogP contribution in [0.2, 0.25) is 0 Å². The third-order valence-electron chi connectivity index (χ3n) is 0.924. The number of guanidine groups is 1. The van der Waals surface area contributed by atoms with Crippen molar-refractivity contribution in [2.24, 2.45) is 10.7 Å². The second-order valence-corrected chi connectivity index (χ2v) is 4.72. The van der Waals surface area contributed by atoms with Crippen molar-refractivity contribution < 1.29 is 0 Å². The SMILES string of the molecule is C=C(Br)CN=C(N)NC(C)(C)C. The average molecular weight is 234 g/mol. The molecule has 0 aliphatic carbocycles. The topological polar surface area (TPSA) is 50.4 Å². The Bertz CT molecular complexity index is 191. The van der Waals surface area contributed by atoms with Crippen LogP contribution >= 0.6 is 15.9 Å². The maximum Gasteiger partial charge on any atom is 0.189 e. The zero-order valence-electron chi connectivity index (χ0n) is 7.82. The molecule has 12 heavy (non-hydrogen) atoms. The number of hydrogen-bond donors (Lipinski definition) is 2. The van der Waals surface area contributed by atoms with Crippen LogP contribution in [0.15, 0.2) is 16.1 Å². The van der Waals surface area contributed by atoms with E-state index in [9.17, 15) is 0 Å². The van der Waals surface area contributed by atoms with Crippen molar-refractivity contribution in [3.05, 3.63) is 11.1 Å². The summed E-state index contributed by atoms with van der Waals surface area (Å²) in [6.45, 7) is 10.2. The lowest BCUT2D eigenvalue weighted by Gasteiger charge is -2.20. The number of nitrogens with two attached hydrogens (primary N) is 1. The van der Waals surface area contributed by atoms with E-state index in [1.165, 1.54) is 0 Å². The molecule has 0 saturated carbocycles. The van der Waals surface area contributed by atoms with Gasteiger partial charge >= 0.3 is 0 Å². The molecule has 0 atom stereocenters. The van der Waals surface area contributed by atoms with Crippen LogP contribution in [0.1, 0.15) is 20.8 Å². The lowest BCUT2D eigenvalue weighted by molar-refractivity contribution is 0.508. The summed E-state index contributed by atoms with van der Waals surface area (Å²) in [7, 11) is 0. The molecule has 0 aliphatic heterocycles. The zero-order valence-corrected chi connectivity index (χ0v) is 9.40. The van der Waals surface area contributed by atoms with Gasteiger partial charge in [-0.1, -0.05) is 22.5 Å². The molecule has 0 aliphatic rings. The van der Waals surface area contributed by atoms with Crippen LogP contribution in [0.25, 0.3) is 0 Å². The molecule has 3 N–H and O–H groups in total. The third-order valence-corrected chi connectivity index (χ3v) is 1.17. The minimum Gasteiger partial charge on any atom is -0.370 e. The van der Waals surface area contributed by atoms with E-state index in [-0.39, 0.29) is 5.54 Å². The van der Waals surface area contributed by atoms with E-state index in [4.69, 9.17) is 5.73 Å². The van der Waals surface area contributed by atoms with E-state index in [1.54, 1.807) is 0 Å². The van der Waals surface area contributed by atoms with Crippen molar-refractivity contribution in [3.63, 3.8) is 0 Å². The molecule has 0 aromatic carbocycles. The summed E-state index contributed by atoms with van der Waals surface area (Å²) in [5.41, 5.74) is 5.54. The lowest BCUT2D eigenvalue weighted by atomic mass is 10.1. The smallest absolute Gasteiger partial charge is 0.189 e. The van der Waals surface area contributed by atoms with Crippen LogP contribution in [0, 0.1) is 0 Å². The van der Waals surface area contributed by atoms with Gasteiger partial charge < -0.3 is 11.1 Å². The van der Waals surface area contributed by atoms with Gasteiger partial charge in [0.25, 0.3) is 0 Å². The van der Waals surface area contributed by atoms with Crippen LogP contribution in [-0.2, 0) is 0 Å². The standard InChI is InChI=1S/C8H16BrN3/c1-6(9)5-11-7(10)12-8(2,3)4/h1,5H2,2-4H3,(H3,10,11,12). The number of rotatable bonds is 2. The highest BCUT2D eigenvalue weighted by molar-refractivity contribution is 9.11. The highest BCUT2D eigenvalue weighted by atomic mass is 79.9. The lowest BCUT2D eigenvalue weighted by Crippen LogP contribution is -2.45. The molecule has 0 heterocycles. The van der Waals surface area contributed by atoms with Gasteiger partial charge in [-0.2, -0.15) is 0 Å². The average Bonchev–Trinajstić information content (AvgIpc) is 1.79. The van der Waals surface area contributed by atoms with E-state index in [0.29, 0.717) is 12.5 Å². The quantitative estimate of drug-likeness (QED) is 0.563. The van der Waals surface area contributed by atoms with Gasteiger partial charge in [0.05, 0.1) is 6.54 Å². The first-order chi connectivity index (χ1) is 5.31. The van der Waals surface area contributed by atoms with Gasteiger partial charge in [0.1, 0.15) is 0 Å². The molecular formula is C8H16BrN3. The number of hydrogen-bond acceptors (Lipinski definition) is 1. The highest BCUT2D eigenvalue weighted by Crippen LogP contribution is 2.00. The fourth-order valence-corrected chi connectivity index (χ4v) is 0.720. The fourth-order valence-electron chi connectivity index (χ4n) is 0.595. The van der Waals surface area contributed by atoms with E-state index < -0.39 is 0 Å². The number of nitrogens with one attached hydrogen (secondary N) is 1. The van der Waals surface area contributed by atoms with Crippen LogP contribution in [0.4, 0.5) is 0 Å². The Kier molecular flexibility index (Phi) is 4.31. The summed E-state index contributed by atoms with van der Waals surface area (Å²) in [5, 5.41) is 3.04. The van der Waals surface area contributed by atoms with Crippen molar-refractivity contribution in [3.8, 4) is 0 Å². The van der Waals surface area contributed by atoms with Gasteiger partial charge in [-0.05, 0) is 20.8 Å². The van der Waals surface area contributed by atoms with Gasteiger partial charge in [0.15, 0.2) is 5.96 Å². The van der Waals surface area contributed by atoms with Gasteiger partial charge in [0, 0.05) is 10.0 Å². The van der Waals surface area contributed by atoms with E-state index >= 15 is 0 Å². The molecule has 4 heteroatoms. The predicted octanol–water partition coefficient (Wildman–Crippen LogP) is 1.60. The van der Waals surface area contributed by atoms with Crippen molar-refractivity contribution in [2.75, 3.05) is 6.54 Å². The van der Waals surface area contributed by atoms with Gasteiger partial charge in [-0.25, -0.2) is 4.99 Å². The second kappa shape index (κ2) is 4.50. The second-order valence-electron chi connectivity index (χ2n) is 3.59. The Labute approximate surface area is 82.3 Å². The van der Waals surface area contributed by atoms with Crippen molar-refractivity contribution >= 4 is 21.9 Å². The molecule has 0 aromatic rings. The van der Waals surface area contributed by atoms with Crippen LogP contribution in [-0.4, -0.2) is 18.0 Å². The van der Waals surface area contributed by atoms with Crippen molar-refractivity contribution in [1.29, 1.82) is 0 Å². The van der Waals surface area contributed by atoms with Gasteiger partial charge in [0.2, 0.25) is 0 Å². The largest absolute Gasteiger partial charge is 0.370 e.